The Morgan fingerprint density at radius 2 is 1.82 bits per heavy atom. The fourth-order valence-electron chi connectivity index (χ4n) is 2.37. The minimum absolute atomic E-state index is 0.463. The smallest absolute Gasteiger partial charge is 0.138 e. The van der Waals surface area contributed by atoms with Crippen molar-refractivity contribution < 1.29 is 14.2 Å². The second-order valence-corrected chi connectivity index (χ2v) is 5.26. The first-order valence-electron chi connectivity index (χ1n) is 6.91. The van der Waals surface area contributed by atoms with Gasteiger partial charge < -0.3 is 14.2 Å². The Bertz CT molecular complexity index is 820. The van der Waals surface area contributed by atoms with Gasteiger partial charge in [-0.25, -0.2) is 4.98 Å². The molecule has 4 nitrogen and oxygen atoms in total. The highest BCUT2D eigenvalue weighted by Crippen LogP contribution is 2.35. The maximum Gasteiger partial charge on any atom is 0.138 e. The van der Waals surface area contributed by atoms with Crippen LogP contribution >= 0.6 is 11.6 Å². The summed E-state index contributed by atoms with van der Waals surface area (Å²) in [4.78, 5) is 4.65. The van der Waals surface area contributed by atoms with Crippen LogP contribution in [0.25, 0.3) is 21.8 Å². The third-order valence-corrected chi connectivity index (χ3v) is 3.66. The Morgan fingerprint density at radius 1 is 0.955 bits per heavy atom. The first kappa shape index (κ1) is 14.9. The summed E-state index contributed by atoms with van der Waals surface area (Å²) in [6, 6.07) is 11.3. The molecule has 0 atom stereocenters. The number of methoxy groups -OCH3 is 2. The van der Waals surface area contributed by atoms with Crippen molar-refractivity contribution in [1.29, 1.82) is 0 Å². The van der Waals surface area contributed by atoms with Crippen molar-refractivity contribution in [2.45, 2.75) is 0 Å². The van der Waals surface area contributed by atoms with Crippen LogP contribution in [0.15, 0.2) is 36.4 Å². The average molecular weight is 318 g/mol. The average Bonchev–Trinajstić information content (AvgIpc) is 2.53. The van der Waals surface area contributed by atoms with Gasteiger partial charge in [0.2, 0.25) is 0 Å². The third kappa shape index (κ3) is 2.80. The van der Waals surface area contributed by atoms with Gasteiger partial charge in [-0.3, -0.25) is 0 Å². The number of aromatic nitrogens is 1. The zero-order chi connectivity index (χ0) is 15.5. The first-order chi connectivity index (χ1) is 10.7. The Balaban J connectivity index is 2.24. The van der Waals surface area contributed by atoms with Crippen molar-refractivity contribution in [2.24, 2.45) is 0 Å². The van der Waals surface area contributed by atoms with Crippen LogP contribution in [0.1, 0.15) is 0 Å². The van der Waals surface area contributed by atoms with Crippen LogP contribution in [0.3, 0.4) is 0 Å². The fraction of sp³-hybridized carbons (Fsp3) is 0.235. The van der Waals surface area contributed by atoms with Crippen LogP contribution in [0.2, 0.25) is 5.02 Å². The van der Waals surface area contributed by atoms with Crippen molar-refractivity contribution >= 4 is 33.4 Å². The minimum Gasteiger partial charge on any atom is -0.497 e. The number of rotatable bonds is 5. The molecule has 0 spiro atoms. The highest BCUT2D eigenvalue weighted by molar-refractivity contribution is 6.31. The molecule has 22 heavy (non-hydrogen) atoms. The number of ether oxygens (including phenoxy) is 3. The van der Waals surface area contributed by atoms with Crippen LogP contribution in [-0.4, -0.2) is 32.4 Å². The van der Waals surface area contributed by atoms with Gasteiger partial charge in [0.15, 0.2) is 0 Å². The van der Waals surface area contributed by atoms with E-state index in [0.717, 1.165) is 33.3 Å². The van der Waals surface area contributed by atoms with Gasteiger partial charge in [-0.05, 0) is 36.4 Å². The number of benzene rings is 2. The molecule has 0 saturated carbocycles. The van der Waals surface area contributed by atoms with Gasteiger partial charge in [0, 0.05) is 22.9 Å². The van der Waals surface area contributed by atoms with Crippen molar-refractivity contribution in [3.05, 3.63) is 41.4 Å². The van der Waals surface area contributed by atoms with E-state index in [9.17, 15) is 0 Å². The van der Waals surface area contributed by atoms with E-state index in [2.05, 4.69) is 4.98 Å². The van der Waals surface area contributed by atoms with Crippen molar-refractivity contribution in [1.82, 2.24) is 4.98 Å². The zero-order valence-corrected chi connectivity index (χ0v) is 13.2. The molecule has 0 fully saturated rings. The molecular formula is C17H16ClNO3. The Morgan fingerprint density at radius 3 is 2.59 bits per heavy atom. The van der Waals surface area contributed by atoms with Crippen molar-refractivity contribution in [3.8, 4) is 11.5 Å². The lowest BCUT2D eigenvalue weighted by molar-refractivity contribution is 0.148. The lowest BCUT2D eigenvalue weighted by atomic mass is 10.1. The monoisotopic (exact) mass is 317 g/mol. The highest BCUT2D eigenvalue weighted by atomic mass is 35.5. The summed E-state index contributed by atoms with van der Waals surface area (Å²) in [7, 11) is 3.29. The number of pyridine rings is 1. The molecule has 0 amide bonds. The molecule has 0 aliphatic heterocycles. The molecule has 0 bridgehead atoms. The van der Waals surface area contributed by atoms with Gasteiger partial charge in [-0.1, -0.05) is 11.6 Å². The van der Waals surface area contributed by atoms with E-state index in [-0.39, 0.29) is 0 Å². The molecule has 2 aromatic carbocycles. The Kier molecular flexibility index (Phi) is 4.32. The van der Waals surface area contributed by atoms with Crippen molar-refractivity contribution in [2.75, 3.05) is 27.4 Å². The third-order valence-electron chi connectivity index (χ3n) is 3.43. The molecule has 0 aliphatic rings. The van der Waals surface area contributed by atoms with Crippen LogP contribution in [-0.2, 0) is 4.74 Å². The lowest BCUT2D eigenvalue weighted by Gasteiger charge is -2.13. The summed E-state index contributed by atoms with van der Waals surface area (Å²) >= 11 is 6.08. The highest BCUT2D eigenvalue weighted by Gasteiger charge is 2.12. The molecule has 0 N–H and O–H groups in total. The molecule has 114 valence electrons. The summed E-state index contributed by atoms with van der Waals surface area (Å²) in [6.45, 7) is 0.980. The maximum absolute atomic E-state index is 6.08. The molecule has 0 saturated heterocycles. The summed E-state index contributed by atoms with van der Waals surface area (Å²) < 4.78 is 16.3. The number of hydrogen-bond acceptors (Lipinski definition) is 4. The molecule has 1 aromatic heterocycles. The van der Waals surface area contributed by atoms with Gasteiger partial charge in [0.05, 0.1) is 24.8 Å². The predicted molar refractivity (Wildman–Crippen MR) is 88.2 cm³/mol. The van der Waals surface area contributed by atoms with Gasteiger partial charge in [0.1, 0.15) is 18.1 Å². The Hall–Kier alpha value is -2.04. The molecular weight excluding hydrogens is 302 g/mol. The van der Waals surface area contributed by atoms with E-state index in [1.807, 2.05) is 36.4 Å². The molecule has 0 unspecified atom stereocenters. The number of nitrogens with zero attached hydrogens (tertiary/aromatic N) is 1. The maximum atomic E-state index is 6.08. The van der Waals surface area contributed by atoms with Crippen LogP contribution in [0, 0.1) is 0 Å². The van der Waals surface area contributed by atoms with Crippen LogP contribution < -0.4 is 9.47 Å². The number of hydrogen-bond donors (Lipinski definition) is 0. The van der Waals surface area contributed by atoms with E-state index in [0.29, 0.717) is 18.2 Å². The number of halogens is 1. The summed E-state index contributed by atoms with van der Waals surface area (Å²) in [5, 5.41) is 2.47. The SMILES string of the molecule is COCCOc1c2ccc(Cl)cc2nc2ccc(OC)cc12. The standard InChI is InChI=1S/C17H16ClNO3/c1-20-7-8-22-17-13-5-3-11(18)9-16(13)19-15-6-4-12(21-2)10-14(15)17/h3-6,9-10H,7-8H2,1-2H3. The molecule has 0 aliphatic carbocycles. The van der Waals surface area contributed by atoms with Gasteiger partial charge in [0.25, 0.3) is 0 Å². The van der Waals surface area contributed by atoms with E-state index >= 15 is 0 Å². The zero-order valence-electron chi connectivity index (χ0n) is 12.4. The predicted octanol–water partition coefficient (Wildman–Crippen LogP) is 4.08. The van der Waals surface area contributed by atoms with E-state index in [4.69, 9.17) is 25.8 Å². The summed E-state index contributed by atoms with van der Waals surface area (Å²) in [6.07, 6.45) is 0. The summed E-state index contributed by atoms with van der Waals surface area (Å²) in [5.74, 6) is 1.53. The minimum atomic E-state index is 0.463. The van der Waals surface area contributed by atoms with Gasteiger partial charge in [-0.15, -0.1) is 0 Å². The van der Waals surface area contributed by atoms with Crippen molar-refractivity contribution in [3.63, 3.8) is 0 Å². The van der Waals surface area contributed by atoms with Crippen LogP contribution in [0.4, 0.5) is 0 Å². The van der Waals surface area contributed by atoms with Gasteiger partial charge >= 0.3 is 0 Å². The normalized spacial score (nSPS) is 11.0. The second kappa shape index (κ2) is 6.38. The molecule has 0 radical (unpaired) electrons. The fourth-order valence-corrected chi connectivity index (χ4v) is 2.53. The lowest BCUT2D eigenvalue weighted by Crippen LogP contribution is -2.05. The molecule has 3 aromatic rings. The molecule has 1 heterocycles. The van der Waals surface area contributed by atoms with Crippen LogP contribution in [0.5, 0.6) is 11.5 Å². The summed E-state index contributed by atoms with van der Waals surface area (Å²) in [5.41, 5.74) is 1.64. The van der Waals surface area contributed by atoms with E-state index in [1.54, 1.807) is 14.2 Å². The van der Waals surface area contributed by atoms with E-state index in [1.165, 1.54) is 0 Å². The second-order valence-electron chi connectivity index (χ2n) is 4.83. The molecule has 5 heteroatoms. The number of fused-ring (bicyclic) bond motifs is 2. The Labute approximate surface area is 133 Å². The van der Waals surface area contributed by atoms with E-state index < -0.39 is 0 Å². The molecule has 3 rings (SSSR count). The first-order valence-corrected chi connectivity index (χ1v) is 7.29. The largest absolute Gasteiger partial charge is 0.497 e. The van der Waals surface area contributed by atoms with Gasteiger partial charge in [-0.2, -0.15) is 0 Å². The quantitative estimate of drug-likeness (QED) is 0.525. The topological polar surface area (TPSA) is 40.6 Å².